The SMILES string of the molecule is CCCC1(CO)CCN(c2cc(C)ccc2S(N)(=O)=O)C1. The molecular formula is C15H24N2O3S. The molecule has 1 heterocycles. The molecule has 1 unspecified atom stereocenters. The van der Waals surface area contributed by atoms with Crippen molar-refractivity contribution in [1.29, 1.82) is 0 Å². The Kier molecular flexibility index (Phi) is 4.60. The van der Waals surface area contributed by atoms with Crippen LogP contribution in [0.4, 0.5) is 5.69 Å². The van der Waals surface area contributed by atoms with Crippen LogP contribution in [0.5, 0.6) is 0 Å². The first-order chi connectivity index (χ1) is 9.81. The van der Waals surface area contributed by atoms with Crippen LogP contribution in [0.15, 0.2) is 23.1 Å². The van der Waals surface area contributed by atoms with Gasteiger partial charge in [-0.1, -0.05) is 19.4 Å². The van der Waals surface area contributed by atoms with Gasteiger partial charge in [0.15, 0.2) is 0 Å². The number of anilines is 1. The standard InChI is InChI=1S/C15H24N2O3S/c1-3-6-15(11-18)7-8-17(10-15)13-9-12(2)4-5-14(13)21(16,19)20/h4-5,9,18H,3,6-8,10-11H2,1-2H3,(H2,16,19,20). The van der Waals surface area contributed by atoms with Crippen LogP contribution >= 0.6 is 0 Å². The lowest BCUT2D eigenvalue weighted by molar-refractivity contribution is 0.134. The zero-order valence-corrected chi connectivity index (χ0v) is 13.5. The van der Waals surface area contributed by atoms with E-state index in [0.717, 1.165) is 31.4 Å². The predicted molar refractivity (Wildman–Crippen MR) is 83.8 cm³/mol. The van der Waals surface area contributed by atoms with E-state index in [2.05, 4.69) is 6.92 Å². The van der Waals surface area contributed by atoms with E-state index in [1.807, 2.05) is 17.9 Å². The summed E-state index contributed by atoms with van der Waals surface area (Å²) in [7, 11) is -3.75. The number of nitrogens with zero attached hydrogens (tertiary/aromatic N) is 1. The summed E-state index contributed by atoms with van der Waals surface area (Å²) in [4.78, 5) is 2.21. The van der Waals surface area contributed by atoms with E-state index in [9.17, 15) is 13.5 Å². The fourth-order valence-electron chi connectivity index (χ4n) is 3.20. The van der Waals surface area contributed by atoms with Crippen molar-refractivity contribution in [2.45, 2.75) is 38.0 Å². The molecule has 1 atom stereocenters. The van der Waals surface area contributed by atoms with Crippen molar-refractivity contribution in [2.75, 3.05) is 24.6 Å². The van der Waals surface area contributed by atoms with Crippen molar-refractivity contribution < 1.29 is 13.5 Å². The van der Waals surface area contributed by atoms with Gasteiger partial charge in [0.2, 0.25) is 10.0 Å². The van der Waals surface area contributed by atoms with Gasteiger partial charge >= 0.3 is 0 Å². The second-order valence-corrected chi connectivity index (χ2v) is 7.63. The molecular weight excluding hydrogens is 288 g/mol. The number of sulfonamides is 1. The first-order valence-corrected chi connectivity index (χ1v) is 8.85. The summed E-state index contributed by atoms with van der Waals surface area (Å²) >= 11 is 0. The molecule has 2 rings (SSSR count). The maximum Gasteiger partial charge on any atom is 0.240 e. The lowest BCUT2D eigenvalue weighted by atomic mass is 9.83. The third-order valence-electron chi connectivity index (χ3n) is 4.32. The average Bonchev–Trinajstić information content (AvgIpc) is 2.82. The number of hydrogen-bond acceptors (Lipinski definition) is 4. The molecule has 1 aromatic rings. The van der Waals surface area contributed by atoms with Crippen molar-refractivity contribution in [1.82, 2.24) is 0 Å². The Morgan fingerprint density at radius 1 is 1.43 bits per heavy atom. The van der Waals surface area contributed by atoms with Crippen LogP contribution < -0.4 is 10.0 Å². The lowest BCUT2D eigenvalue weighted by Gasteiger charge is -2.28. The summed E-state index contributed by atoms with van der Waals surface area (Å²) in [5, 5.41) is 15.1. The van der Waals surface area contributed by atoms with E-state index in [1.54, 1.807) is 12.1 Å². The number of aryl methyl sites for hydroxylation is 1. The van der Waals surface area contributed by atoms with Crippen LogP contribution in [-0.2, 0) is 10.0 Å². The highest BCUT2D eigenvalue weighted by molar-refractivity contribution is 7.89. The topological polar surface area (TPSA) is 83.6 Å². The highest BCUT2D eigenvalue weighted by Gasteiger charge is 2.38. The Morgan fingerprint density at radius 3 is 2.71 bits per heavy atom. The molecule has 0 amide bonds. The Hall–Kier alpha value is -1.11. The minimum absolute atomic E-state index is 0.131. The molecule has 0 bridgehead atoms. The van der Waals surface area contributed by atoms with Crippen molar-refractivity contribution in [3.63, 3.8) is 0 Å². The van der Waals surface area contributed by atoms with Crippen LogP contribution in [0.3, 0.4) is 0 Å². The first-order valence-electron chi connectivity index (χ1n) is 7.30. The molecule has 1 saturated heterocycles. The summed E-state index contributed by atoms with van der Waals surface area (Å²) in [6, 6.07) is 5.18. The van der Waals surface area contributed by atoms with Gasteiger partial charge in [-0.25, -0.2) is 13.6 Å². The quantitative estimate of drug-likeness (QED) is 0.865. The number of primary sulfonamides is 1. The van der Waals surface area contributed by atoms with Crippen molar-refractivity contribution in [3.8, 4) is 0 Å². The molecule has 6 heteroatoms. The largest absolute Gasteiger partial charge is 0.396 e. The molecule has 1 aromatic carbocycles. The summed E-state index contributed by atoms with van der Waals surface area (Å²) in [6.07, 6.45) is 2.82. The maximum atomic E-state index is 11.8. The van der Waals surface area contributed by atoms with Crippen LogP contribution in [-0.4, -0.2) is 33.2 Å². The molecule has 118 valence electrons. The van der Waals surface area contributed by atoms with Gasteiger partial charge in [-0.15, -0.1) is 0 Å². The molecule has 0 spiro atoms. The molecule has 0 aliphatic carbocycles. The normalized spacial score (nSPS) is 22.8. The first kappa shape index (κ1) is 16.3. The van der Waals surface area contributed by atoms with E-state index in [1.165, 1.54) is 0 Å². The Morgan fingerprint density at radius 2 is 2.14 bits per heavy atom. The minimum Gasteiger partial charge on any atom is -0.396 e. The number of benzene rings is 1. The van der Waals surface area contributed by atoms with Crippen LogP contribution in [0.25, 0.3) is 0 Å². The molecule has 5 nitrogen and oxygen atoms in total. The smallest absolute Gasteiger partial charge is 0.240 e. The second-order valence-electron chi connectivity index (χ2n) is 6.10. The summed E-state index contributed by atoms with van der Waals surface area (Å²) in [6.45, 7) is 5.57. The molecule has 1 fully saturated rings. The van der Waals surface area contributed by atoms with Crippen molar-refractivity contribution in [2.24, 2.45) is 10.6 Å². The third kappa shape index (κ3) is 3.39. The number of aliphatic hydroxyl groups is 1. The number of aliphatic hydroxyl groups excluding tert-OH is 1. The van der Waals surface area contributed by atoms with Crippen molar-refractivity contribution >= 4 is 15.7 Å². The van der Waals surface area contributed by atoms with E-state index in [4.69, 9.17) is 5.14 Å². The summed E-state index contributed by atoms with van der Waals surface area (Å²) in [5.74, 6) is 0. The monoisotopic (exact) mass is 312 g/mol. The van der Waals surface area contributed by atoms with Crippen molar-refractivity contribution in [3.05, 3.63) is 23.8 Å². The highest BCUT2D eigenvalue weighted by Crippen LogP contribution is 2.39. The molecule has 0 saturated carbocycles. The van der Waals surface area contributed by atoms with Crippen LogP contribution in [0.2, 0.25) is 0 Å². The van der Waals surface area contributed by atoms with Gasteiger partial charge in [0.1, 0.15) is 4.90 Å². The van der Waals surface area contributed by atoms with E-state index >= 15 is 0 Å². The zero-order chi connectivity index (χ0) is 15.7. The fraction of sp³-hybridized carbons (Fsp3) is 0.600. The van der Waals surface area contributed by atoms with Crippen LogP contribution in [0, 0.1) is 12.3 Å². The number of nitrogens with two attached hydrogens (primary N) is 1. The average molecular weight is 312 g/mol. The van der Waals surface area contributed by atoms with Gasteiger partial charge in [-0.3, -0.25) is 0 Å². The summed E-state index contributed by atoms with van der Waals surface area (Å²) < 4.78 is 23.6. The van der Waals surface area contributed by atoms with E-state index in [0.29, 0.717) is 12.2 Å². The van der Waals surface area contributed by atoms with E-state index < -0.39 is 10.0 Å². The zero-order valence-electron chi connectivity index (χ0n) is 12.7. The number of rotatable bonds is 5. The van der Waals surface area contributed by atoms with Gasteiger partial charge in [-0.05, 0) is 37.5 Å². The molecule has 3 N–H and O–H groups in total. The second kappa shape index (κ2) is 5.94. The minimum atomic E-state index is -3.75. The van der Waals surface area contributed by atoms with Gasteiger partial charge in [0, 0.05) is 18.5 Å². The van der Waals surface area contributed by atoms with Gasteiger partial charge in [0.25, 0.3) is 0 Å². The van der Waals surface area contributed by atoms with Gasteiger partial charge in [0.05, 0.1) is 12.3 Å². The molecule has 0 radical (unpaired) electrons. The van der Waals surface area contributed by atoms with E-state index in [-0.39, 0.29) is 16.9 Å². The fourth-order valence-corrected chi connectivity index (χ4v) is 3.94. The molecule has 21 heavy (non-hydrogen) atoms. The van der Waals surface area contributed by atoms with Gasteiger partial charge in [-0.2, -0.15) is 0 Å². The Labute approximate surface area is 126 Å². The van der Waals surface area contributed by atoms with Gasteiger partial charge < -0.3 is 10.0 Å². The number of hydrogen-bond donors (Lipinski definition) is 2. The predicted octanol–water partition coefficient (Wildman–Crippen LogP) is 1.63. The molecule has 1 aliphatic heterocycles. The van der Waals surface area contributed by atoms with Crippen LogP contribution in [0.1, 0.15) is 31.7 Å². The maximum absolute atomic E-state index is 11.8. The molecule has 0 aromatic heterocycles. The lowest BCUT2D eigenvalue weighted by Crippen LogP contribution is -2.31. The Balaban J connectivity index is 2.38. The summed E-state index contributed by atoms with van der Waals surface area (Å²) in [5.41, 5.74) is 1.52. The third-order valence-corrected chi connectivity index (χ3v) is 5.27. The highest BCUT2D eigenvalue weighted by atomic mass is 32.2. The molecule has 1 aliphatic rings. The Bertz CT molecular complexity index is 615.